The van der Waals surface area contributed by atoms with Gasteiger partial charge in [-0.1, -0.05) is 32.9 Å². The first-order valence-corrected chi connectivity index (χ1v) is 12.6. The first-order chi connectivity index (χ1) is 15.0. The fraction of sp³-hybridized carbons (Fsp3) is 0.348. The number of hydrogen-bond acceptors (Lipinski definition) is 5. The molecule has 32 heavy (non-hydrogen) atoms. The molecule has 0 amide bonds. The number of nitrogens with zero attached hydrogens (tertiary/aromatic N) is 3. The van der Waals surface area contributed by atoms with Crippen LogP contribution in [0, 0.1) is 11.6 Å². The maximum absolute atomic E-state index is 13.5. The molecule has 170 valence electrons. The lowest BCUT2D eigenvalue weighted by Crippen LogP contribution is -2.48. The Morgan fingerprint density at radius 1 is 0.938 bits per heavy atom. The quantitative estimate of drug-likeness (QED) is 0.537. The van der Waals surface area contributed by atoms with Crippen LogP contribution in [0.1, 0.15) is 26.3 Å². The summed E-state index contributed by atoms with van der Waals surface area (Å²) in [7, 11) is -3.57. The van der Waals surface area contributed by atoms with Crippen molar-refractivity contribution in [2.75, 3.05) is 31.1 Å². The van der Waals surface area contributed by atoms with Gasteiger partial charge in [-0.2, -0.15) is 4.31 Å². The molecule has 4 rings (SSSR count). The monoisotopic (exact) mass is 477 g/mol. The molecule has 3 aromatic rings. The van der Waals surface area contributed by atoms with E-state index in [2.05, 4.69) is 25.8 Å². The van der Waals surface area contributed by atoms with Crippen LogP contribution in [0.5, 0.6) is 0 Å². The predicted octanol–water partition coefficient (Wildman–Crippen LogP) is 4.90. The number of aromatic nitrogens is 1. The zero-order valence-corrected chi connectivity index (χ0v) is 19.8. The average Bonchev–Trinajstić information content (AvgIpc) is 3.23. The molecule has 1 aliphatic rings. The maximum atomic E-state index is 13.5. The number of halogens is 2. The van der Waals surface area contributed by atoms with Gasteiger partial charge in [-0.15, -0.1) is 11.3 Å². The van der Waals surface area contributed by atoms with Gasteiger partial charge in [-0.3, -0.25) is 0 Å². The van der Waals surface area contributed by atoms with Crippen molar-refractivity contribution >= 4 is 26.5 Å². The van der Waals surface area contributed by atoms with Gasteiger partial charge in [0.2, 0.25) is 10.0 Å². The number of thiazole rings is 1. The summed E-state index contributed by atoms with van der Waals surface area (Å²) in [4.78, 5) is 6.80. The summed E-state index contributed by atoms with van der Waals surface area (Å²) < 4.78 is 54.7. The van der Waals surface area contributed by atoms with Crippen molar-refractivity contribution in [2.45, 2.75) is 31.1 Å². The van der Waals surface area contributed by atoms with Gasteiger partial charge in [0.25, 0.3) is 0 Å². The Balaban J connectivity index is 1.44. The van der Waals surface area contributed by atoms with Gasteiger partial charge in [0.15, 0.2) is 5.13 Å². The summed E-state index contributed by atoms with van der Waals surface area (Å²) in [6, 6.07) is 10.4. The lowest BCUT2D eigenvalue weighted by Gasteiger charge is -2.33. The molecule has 0 atom stereocenters. The van der Waals surface area contributed by atoms with Gasteiger partial charge >= 0.3 is 0 Å². The maximum Gasteiger partial charge on any atom is 0.243 e. The minimum atomic E-state index is -3.57. The van der Waals surface area contributed by atoms with Gasteiger partial charge in [0.1, 0.15) is 11.6 Å². The average molecular weight is 478 g/mol. The largest absolute Gasteiger partial charge is 0.345 e. The van der Waals surface area contributed by atoms with Gasteiger partial charge < -0.3 is 4.90 Å². The Hall–Kier alpha value is -2.36. The molecule has 0 spiro atoms. The second-order valence-electron chi connectivity index (χ2n) is 8.84. The van der Waals surface area contributed by atoms with Crippen molar-refractivity contribution in [1.82, 2.24) is 9.29 Å². The fourth-order valence-electron chi connectivity index (χ4n) is 3.64. The zero-order valence-electron chi connectivity index (χ0n) is 18.2. The highest BCUT2D eigenvalue weighted by atomic mass is 32.2. The van der Waals surface area contributed by atoms with Crippen LogP contribution in [0.3, 0.4) is 0 Å². The molecule has 0 radical (unpaired) electrons. The Morgan fingerprint density at radius 2 is 1.53 bits per heavy atom. The smallest absolute Gasteiger partial charge is 0.243 e. The minimum absolute atomic E-state index is 0.0439. The van der Waals surface area contributed by atoms with Crippen LogP contribution in [0.2, 0.25) is 0 Å². The summed E-state index contributed by atoms with van der Waals surface area (Å²) in [5, 5.41) is 2.46. The van der Waals surface area contributed by atoms with Crippen LogP contribution in [0.15, 0.2) is 52.7 Å². The van der Waals surface area contributed by atoms with E-state index in [9.17, 15) is 17.2 Å². The number of sulfonamides is 1. The number of rotatable bonds is 4. The normalized spacial score (nSPS) is 15.8. The molecule has 0 bridgehead atoms. The zero-order chi connectivity index (χ0) is 23.1. The highest BCUT2D eigenvalue weighted by Crippen LogP contribution is 2.30. The Bertz CT molecular complexity index is 1190. The van der Waals surface area contributed by atoms with Crippen molar-refractivity contribution in [2.24, 2.45) is 0 Å². The molecule has 0 unspecified atom stereocenters. The molecule has 1 aliphatic heterocycles. The topological polar surface area (TPSA) is 53.5 Å². The highest BCUT2D eigenvalue weighted by Gasteiger charge is 2.29. The number of piperazine rings is 1. The summed E-state index contributed by atoms with van der Waals surface area (Å²) in [6.07, 6.45) is 0. The molecule has 9 heteroatoms. The van der Waals surface area contributed by atoms with Crippen LogP contribution < -0.4 is 4.90 Å². The molecule has 2 heterocycles. The third-order valence-corrected chi connectivity index (χ3v) is 8.33. The van der Waals surface area contributed by atoms with E-state index in [-0.39, 0.29) is 5.41 Å². The lowest BCUT2D eigenvalue weighted by molar-refractivity contribution is 0.384. The van der Waals surface area contributed by atoms with E-state index in [1.165, 1.54) is 27.8 Å². The van der Waals surface area contributed by atoms with E-state index in [1.807, 2.05) is 17.0 Å². The van der Waals surface area contributed by atoms with Crippen molar-refractivity contribution in [3.63, 3.8) is 0 Å². The van der Waals surface area contributed by atoms with Gasteiger partial charge in [-0.05, 0) is 35.2 Å². The first-order valence-electron chi connectivity index (χ1n) is 10.3. The summed E-state index contributed by atoms with van der Waals surface area (Å²) in [5.74, 6) is -1.30. The third-order valence-electron chi connectivity index (χ3n) is 5.52. The molecular weight excluding hydrogens is 452 g/mol. The predicted molar refractivity (Wildman–Crippen MR) is 124 cm³/mol. The standard InChI is InChI=1S/C23H25F2N3O2S2/c1-23(2,3)17-4-6-20(7-5-17)32(29,30)28-10-8-27(9-11-28)22-26-21(15-31-22)16-12-18(24)14-19(25)13-16/h4-7,12-15H,8-11H2,1-3H3. The molecule has 0 aliphatic carbocycles. The summed E-state index contributed by atoms with van der Waals surface area (Å²) >= 11 is 1.37. The molecule has 1 aromatic heterocycles. The van der Waals surface area contributed by atoms with E-state index >= 15 is 0 Å². The van der Waals surface area contributed by atoms with E-state index in [0.29, 0.717) is 47.5 Å². The lowest BCUT2D eigenvalue weighted by atomic mass is 9.87. The Kier molecular flexibility index (Phi) is 6.08. The highest BCUT2D eigenvalue weighted by molar-refractivity contribution is 7.89. The molecule has 5 nitrogen and oxygen atoms in total. The van der Waals surface area contributed by atoms with E-state index in [1.54, 1.807) is 17.5 Å². The van der Waals surface area contributed by atoms with E-state index < -0.39 is 21.7 Å². The van der Waals surface area contributed by atoms with E-state index in [0.717, 1.165) is 11.6 Å². The van der Waals surface area contributed by atoms with Crippen LogP contribution >= 0.6 is 11.3 Å². The first kappa shape index (κ1) is 22.8. The van der Waals surface area contributed by atoms with Crippen molar-refractivity contribution in [1.29, 1.82) is 0 Å². The Labute approximate surface area is 191 Å². The second kappa shape index (κ2) is 8.53. The molecule has 1 fully saturated rings. The van der Waals surface area contributed by atoms with Gasteiger partial charge in [-0.25, -0.2) is 22.2 Å². The number of anilines is 1. The van der Waals surface area contributed by atoms with Crippen molar-refractivity contribution < 1.29 is 17.2 Å². The molecule has 0 saturated carbocycles. The van der Waals surface area contributed by atoms with Gasteiger partial charge in [0.05, 0.1) is 10.6 Å². The minimum Gasteiger partial charge on any atom is -0.345 e. The van der Waals surface area contributed by atoms with E-state index in [4.69, 9.17) is 0 Å². The van der Waals surface area contributed by atoms with Crippen LogP contribution in [0.25, 0.3) is 11.3 Å². The summed E-state index contributed by atoms with van der Waals surface area (Å²) in [6.45, 7) is 7.92. The number of hydrogen-bond donors (Lipinski definition) is 0. The molecule has 0 N–H and O–H groups in total. The SMILES string of the molecule is CC(C)(C)c1ccc(S(=O)(=O)N2CCN(c3nc(-c4cc(F)cc(F)c4)cs3)CC2)cc1. The second-order valence-corrected chi connectivity index (χ2v) is 11.6. The van der Waals surface area contributed by atoms with Gasteiger partial charge in [0, 0.05) is 43.2 Å². The molecular formula is C23H25F2N3O2S2. The van der Waals surface area contributed by atoms with Crippen molar-refractivity contribution in [3.8, 4) is 11.3 Å². The molecule has 2 aromatic carbocycles. The van der Waals surface area contributed by atoms with Crippen molar-refractivity contribution in [3.05, 3.63) is 65.0 Å². The number of benzene rings is 2. The van der Waals surface area contributed by atoms with Crippen LogP contribution in [-0.2, 0) is 15.4 Å². The fourth-order valence-corrected chi connectivity index (χ4v) is 5.95. The Morgan fingerprint density at radius 3 is 2.09 bits per heavy atom. The molecule has 1 saturated heterocycles. The van der Waals surface area contributed by atoms with Crippen LogP contribution in [0.4, 0.5) is 13.9 Å². The third kappa shape index (κ3) is 4.69. The summed E-state index contributed by atoms with van der Waals surface area (Å²) in [5.41, 5.74) is 1.92. The van der Waals surface area contributed by atoms with Crippen LogP contribution in [-0.4, -0.2) is 43.9 Å².